The number of sulfonamides is 1. The highest BCUT2D eigenvalue weighted by Crippen LogP contribution is 2.17. The van der Waals surface area contributed by atoms with Gasteiger partial charge in [0.2, 0.25) is 10.0 Å². The highest BCUT2D eigenvalue weighted by molar-refractivity contribution is 8.06. The van der Waals surface area contributed by atoms with Gasteiger partial charge in [-0.2, -0.15) is 0 Å². The Morgan fingerprint density at radius 3 is 2.47 bits per heavy atom. The van der Waals surface area contributed by atoms with Crippen LogP contribution in [0.25, 0.3) is 0 Å². The second-order valence-electron chi connectivity index (χ2n) is 4.74. The van der Waals surface area contributed by atoms with E-state index in [1.54, 1.807) is 0 Å². The molecule has 0 bridgehead atoms. The van der Waals surface area contributed by atoms with Crippen LogP contribution in [0.15, 0.2) is 0 Å². The average molecular weight is 284 g/mol. The van der Waals surface area contributed by atoms with Crippen molar-refractivity contribution in [2.45, 2.75) is 13.3 Å². The third-order valence-electron chi connectivity index (χ3n) is 2.90. The summed E-state index contributed by atoms with van der Waals surface area (Å²) in [4.78, 5) is 0. The van der Waals surface area contributed by atoms with Crippen LogP contribution < -0.4 is 10.0 Å². The highest BCUT2D eigenvalue weighted by atomic mass is 32.3. The molecule has 17 heavy (non-hydrogen) atoms. The summed E-state index contributed by atoms with van der Waals surface area (Å²) in [5.74, 6) is 0.662. The van der Waals surface area contributed by atoms with Gasteiger partial charge in [-0.3, -0.25) is 0 Å². The van der Waals surface area contributed by atoms with Crippen molar-refractivity contribution < 1.29 is 16.8 Å². The summed E-state index contributed by atoms with van der Waals surface area (Å²) in [7, 11) is -7.23. The molecule has 0 aromatic heterocycles. The maximum atomic E-state index is 11.5. The van der Waals surface area contributed by atoms with Crippen LogP contribution in [-0.2, 0) is 19.9 Å². The molecule has 1 saturated heterocycles. The lowest BCUT2D eigenvalue weighted by molar-refractivity contribution is 0.274. The SMILES string of the molecule is CC1CNCCC1CNS(=O)(=O)CS(C)(=O)=O. The second-order valence-corrected chi connectivity index (χ2v) is 9.05. The molecule has 0 aliphatic carbocycles. The van der Waals surface area contributed by atoms with Crippen LogP contribution in [-0.4, -0.2) is 47.8 Å². The zero-order valence-electron chi connectivity index (χ0n) is 10.1. The van der Waals surface area contributed by atoms with Crippen molar-refractivity contribution in [1.82, 2.24) is 10.0 Å². The molecular weight excluding hydrogens is 264 g/mol. The Labute approximate surface area is 103 Å². The summed E-state index contributed by atoms with van der Waals surface area (Å²) < 4.78 is 47.2. The fraction of sp³-hybridized carbons (Fsp3) is 1.00. The van der Waals surface area contributed by atoms with Gasteiger partial charge in [0.25, 0.3) is 0 Å². The van der Waals surface area contributed by atoms with Crippen LogP contribution in [0.2, 0.25) is 0 Å². The van der Waals surface area contributed by atoms with E-state index in [1.807, 2.05) is 0 Å². The Bertz CT molecular complexity index is 444. The van der Waals surface area contributed by atoms with Crippen molar-refractivity contribution >= 4 is 19.9 Å². The lowest BCUT2D eigenvalue weighted by Crippen LogP contribution is -2.42. The predicted molar refractivity (Wildman–Crippen MR) is 66.8 cm³/mol. The molecule has 1 aliphatic heterocycles. The summed E-state index contributed by atoms with van der Waals surface area (Å²) in [5.41, 5.74) is 0. The molecule has 1 fully saturated rings. The van der Waals surface area contributed by atoms with Crippen LogP contribution in [0.1, 0.15) is 13.3 Å². The molecule has 0 radical (unpaired) electrons. The lowest BCUT2D eigenvalue weighted by atomic mass is 9.88. The standard InChI is InChI=1S/C9H20N2O4S2/c1-8-5-10-4-3-9(8)6-11-17(14,15)7-16(2,12)13/h8-11H,3-7H2,1-2H3. The summed E-state index contributed by atoms with van der Waals surface area (Å²) in [6.07, 6.45) is 1.82. The smallest absolute Gasteiger partial charge is 0.226 e. The van der Waals surface area contributed by atoms with Gasteiger partial charge >= 0.3 is 0 Å². The van der Waals surface area contributed by atoms with Crippen LogP contribution in [0.4, 0.5) is 0 Å². The van der Waals surface area contributed by atoms with Gasteiger partial charge in [0.05, 0.1) is 0 Å². The first-order valence-corrected chi connectivity index (χ1v) is 9.27. The van der Waals surface area contributed by atoms with Crippen molar-refractivity contribution in [3.05, 3.63) is 0 Å². The molecule has 6 nitrogen and oxygen atoms in total. The quantitative estimate of drug-likeness (QED) is 0.686. The Balaban J connectivity index is 2.49. The van der Waals surface area contributed by atoms with Gasteiger partial charge < -0.3 is 5.32 Å². The Hall–Kier alpha value is -0.180. The number of hydrogen-bond acceptors (Lipinski definition) is 5. The van der Waals surface area contributed by atoms with E-state index in [0.29, 0.717) is 12.5 Å². The van der Waals surface area contributed by atoms with Crippen molar-refractivity contribution in [2.75, 3.05) is 31.0 Å². The van der Waals surface area contributed by atoms with Crippen LogP contribution >= 0.6 is 0 Å². The fourth-order valence-corrected chi connectivity index (χ4v) is 4.99. The molecular formula is C9H20N2O4S2. The molecule has 2 unspecified atom stereocenters. The summed E-state index contributed by atoms with van der Waals surface area (Å²) in [5, 5.41) is 2.39. The molecule has 0 spiro atoms. The predicted octanol–water partition coefficient (Wildman–Crippen LogP) is -0.846. The van der Waals surface area contributed by atoms with E-state index in [1.165, 1.54) is 0 Å². The maximum absolute atomic E-state index is 11.5. The molecule has 1 rings (SSSR count). The summed E-state index contributed by atoms with van der Waals surface area (Å²) >= 11 is 0. The van der Waals surface area contributed by atoms with E-state index in [9.17, 15) is 16.8 Å². The van der Waals surface area contributed by atoms with E-state index in [4.69, 9.17) is 0 Å². The Morgan fingerprint density at radius 2 is 1.94 bits per heavy atom. The van der Waals surface area contributed by atoms with Crippen LogP contribution in [0.5, 0.6) is 0 Å². The van der Waals surface area contributed by atoms with Crippen LogP contribution in [0.3, 0.4) is 0 Å². The van der Waals surface area contributed by atoms with E-state index in [0.717, 1.165) is 25.8 Å². The largest absolute Gasteiger partial charge is 0.316 e. The number of rotatable bonds is 5. The van der Waals surface area contributed by atoms with Gasteiger partial charge in [-0.25, -0.2) is 21.6 Å². The first kappa shape index (κ1) is 14.9. The minimum absolute atomic E-state index is 0.269. The molecule has 8 heteroatoms. The van der Waals surface area contributed by atoms with Gasteiger partial charge in [-0.05, 0) is 31.3 Å². The van der Waals surface area contributed by atoms with Gasteiger partial charge in [0.15, 0.2) is 14.9 Å². The third-order valence-corrected chi connectivity index (χ3v) is 6.46. The summed E-state index contributed by atoms with van der Waals surface area (Å²) in [6.45, 7) is 4.13. The van der Waals surface area contributed by atoms with Gasteiger partial charge in [0, 0.05) is 12.8 Å². The first-order chi connectivity index (χ1) is 7.70. The molecule has 0 amide bonds. The average Bonchev–Trinajstić information content (AvgIpc) is 2.13. The number of nitrogens with one attached hydrogen (secondary N) is 2. The maximum Gasteiger partial charge on any atom is 0.226 e. The minimum atomic E-state index is -3.72. The van der Waals surface area contributed by atoms with E-state index >= 15 is 0 Å². The number of hydrogen-bond donors (Lipinski definition) is 2. The monoisotopic (exact) mass is 284 g/mol. The van der Waals surface area contributed by atoms with Gasteiger partial charge in [-0.1, -0.05) is 6.92 Å². The number of sulfone groups is 1. The first-order valence-electron chi connectivity index (χ1n) is 5.55. The molecule has 1 aliphatic rings. The van der Waals surface area contributed by atoms with E-state index in [2.05, 4.69) is 17.0 Å². The molecule has 2 N–H and O–H groups in total. The second kappa shape index (κ2) is 5.64. The molecule has 0 saturated carbocycles. The molecule has 0 aromatic carbocycles. The molecule has 0 aromatic rings. The molecule has 2 atom stereocenters. The third kappa shape index (κ3) is 5.80. The molecule has 102 valence electrons. The van der Waals surface area contributed by atoms with Crippen molar-refractivity contribution in [2.24, 2.45) is 11.8 Å². The van der Waals surface area contributed by atoms with Crippen molar-refractivity contribution in [1.29, 1.82) is 0 Å². The Kier molecular flexibility index (Phi) is 4.94. The fourth-order valence-electron chi connectivity index (χ4n) is 1.93. The topological polar surface area (TPSA) is 92.3 Å². The Morgan fingerprint density at radius 1 is 1.29 bits per heavy atom. The zero-order valence-corrected chi connectivity index (χ0v) is 11.8. The lowest BCUT2D eigenvalue weighted by Gasteiger charge is -2.29. The zero-order chi connectivity index (χ0) is 13.1. The normalized spacial score (nSPS) is 26.9. The van der Waals surface area contributed by atoms with Gasteiger partial charge in [0.1, 0.15) is 0 Å². The van der Waals surface area contributed by atoms with Crippen molar-refractivity contribution in [3.8, 4) is 0 Å². The summed E-state index contributed by atoms with van der Waals surface area (Å²) in [6, 6.07) is 0. The highest BCUT2D eigenvalue weighted by Gasteiger charge is 2.24. The molecule has 1 heterocycles. The van der Waals surface area contributed by atoms with E-state index < -0.39 is 24.9 Å². The van der Waals surface area contributed by atoms with Gasteiger partial charge in [-0.15, -0.1) is 0 Å². The van der Waals surface area contributed by atoms with Crippen LogP contribution in [0, 0.1) is 11.8 Å². The van der Waals surface area contributed by atoms with E-state index in [-0.39, 0.29) is 5.92 Å². The minimum Gasteiger partial charge on any atom is -0.316 e. The van der Waals surface area contributed by atoms with Crippen molar-refractivity contribution in [3.63, 3.8) is 0 Å². The number of piperidine rings is 1.